The number of carbonyl (C=O) groups excluding carboxylic acids is 1. The summed E-state index contributed by atoms with van der Waals surface area (Å²) in [7, 11) is 0. The second-order valence-corrected chi connectivity index (χ2v) is 5.07. The Kier molecular flexibility index (Phi) is 2.92. The third kappa shape index (κ3) is 1.95. The molecule has 0 spiro atoms. The molecule has 1 aromatic carbocycles. The number of nitrogens with zero attached hydrogens (tertiary/aromatic N) is 1. The van der Waals surface area contributed by atoms with Gasteiger partial charge in [0.1, 0.15) is 0 Å². The van der Waals surface area contributed by atoms with Crippen LogP contribution in [0.2, 0.25) is 5.02 Å². The van der Waals surface area contributed by atoms with Gasteiger partial charge in [-0.3, -0.25) is 4.79 Å². The van der Waals surface area contributed by atoms with Crippen LogP contribution in [-0.4, -0.2) is 11.6 Å². The van der Waals surface area contributed by atoms with Crippen LogP contribution in [0.3, 0.4) is 0 Å². The summed E-state index contributed by atoms with van der Waals surface area (Å²) in [5, 5.41) is 4.66. The highest BCUT2D eigenvalue weighted by molar-refractivity contribution is 6.33. The maximum atomic E-state index is 11.9. The number of carbonyl (C=O) groups is 1. The van der Waals surface area contributed by atoms with Crippen molar-refractivity contribution < 1.29 is 4.79 Å². The van der Waals surface area contributed by atoms with Crippen molar-refractivity contribution in [3.63, 3.8) is 0 Å². The Morgan fingerprint density at radius 2 is 2.22 bits per heavy atom. The van der Waals surface area contributed by atoms with Gasteiger partial charge in [-0.1, -0.05) is 35.9 Å². The number of halogens is 1. The molecule has 0 aliphatic heterocycles. The third-order valence-corrected chi connectivity index (χ3v) is 3.91. The van der Waals surface area contributed by atoms with Gasteiger partial charge in [-0.25, -0.2) is 5.43 Å². The standard InChI is InChI=1S/C14H13ClN2O/c15-12-7-2-1-5-11(12)14(18)17-16-13-8-9-4-3-6-10(9)13/h1-5,7,9-10H,6,8H2,(H,17,18)/b16-13+. The van der Waals surface area contributed by atoms with Crippen LogP contribution < -0.4 is 5.43 Å². The van der Waals surface area contributed by atoms with Gasteiger partial charge in [-0.15, -0.1) is 0 Å². The van der Waals surface area contributed by atoms with Gasteiger partial charge in [0, 0.05) is 11.6 Å². The minimum Gasteiger partial charge on any atom is -0.267 e. The van der Waals surface area contributed by atoms with Gasteiger partial charge < -0.3 is 0 Å². The molecule has 18 heavy (non-hydrogen) atoms. The van der Waals surface area contributed by atoms with Crippen LogP contribution in [0.1, 0.15) is 23.2 Å². The lowest BCUT2D eigenvalue weighted by Crippen LogP contribution is -2.35. The lowest BCUT2D eigenvalue weighted by molar-refractivity contribution is 0.0954. The van der Waals surface area contributed by atoms with E-state index in [2.05, 4.69) is 22.7 Å². The normalized spacial score (nSPS) is 26.8. The molecule has 2 aliphatic rings. The molecule has 1 N–H and O–H groups in total. The van der Waals surface area contributed by atoms with Crippen molar-refractivity contribution in [3.8, 4) is 0 Å². The van der Waals surface area contributed by atoms with E-state index in [1.165, 1.54) is 0 Å². The summed E-state index contributed by atoms with van der Waals surface area (Å²) in [5.74, 6) is 0.903. The summed E-state index contributed by atoms with van der Waals surface area (Å²) in [6, 6.07) is 6.97. The number of amides is 1. The minimum atomic E-state index is -0.248. The second kappa shape index (κ2) is 4.58. The second-order valence-electron chi connectivity index (χ2n) is 4.66. The lowest BCUT2D eigenvalue weighted by atomic mass is 9.74. The van der Waals surface area contributed by atoms with E-state index in [-0.39, 0.29) is 5.91 Å². The van der Waals surface area contributed by atoms with E-state index in [9.17, 15) is 4.79 Å². The van der Waals surface area contributed by atoms with Crippen LogP contribution in [0, 0.1) is 11.8 Å². The van der Waals surface area contributed by atoms with E-state index in [0.717, 1.165) is 18.6 Å². The van der Waals surface area contributed by atoms with Crippen LogP contribution >= 0.6 is 11.6 Å². The first kappa shape index (κ1) is 11.5. The van der Waals surface area contributed by atoms with E-state index >= 15 is 0 Å². The van der Waals surface area contributed by atoms with E-state index in [1.54, 1.807) is 24.3 Å². The van der Waals surface area contributed by atoms with Gasteiger partial charge in [0.05, 0.1) is 10.6 Å². The molecule has 1 fully saturated rings. The van der Waals surface area contributed by atoms with Crippen molar-refractivity contribution in [3.05, 3.63) is 47.0 Å². The first-order valence-electron chi connectivity index (χ1n) is 6.03. The number of allylic oxidation sites excluding steroid dienone is 2. The van der Waals surface area contributed by atoms with Gasteiger partial charge in [0.25, 0.3) is 5.91 Å². The van der Waals surface area contributed by atoms with Gasteiger partial charge in [-0.2, -0.15) is 5.10 Å². The summed E-state index contributed by atoms with van der Waals surface area (Å²) in [6.45, 7) is 0. The van der Waals surface area contributed by atoms with Crippen molar-refractivity contribution in [2.24, 2.45) is 16.9 Å². The molecule has 3 nitrogen and oxygen atoms in total. The number of nitrogens with one attached hydrogen (secondary N) is 1. The van der Waals surface area contributed by atoms with Crippen molar-refractivity contribution in [2.45, 2.75) is 12.8 Å². The van der Waals surface area contributed by atoms with Crippen LogP contribution in [0.5, 0.6) is 0 Å². The molecule has 4 heteroatoms. The van der Waals surface area contributed by atoms with Crippen LogP contribution in [0.4, 0.5) is 0 Å². The van der Waals surface area contributed by atoms with Crippen molar-refractivity contribution in [1.29, 1.82) is 0 Å². The smallest absolute Gasteiger partial charge is 0.267 e. The molecule has 2 aliphatic carbocycles. The average molecular weight is 261 g/mol. The molecular formula is C14H13ClN2O. The van der Waals surface area contributed by atoms with Crippen molar-refractivity contribution in [1.82, 2.24) is 5.43 Å². The minimum absolute atomic E-state index is 0.248. The van der Waals surface area contributed by atoms with Crippen molar-refractivity contribution >= 4 is 23.2 Å². The molecule has 2 atom stereocenters. The zero-order valence-corrected chi connectivity index (χ0v) is 10.5. The van der Waals surface area contributed by atoms with E-state index in [0.29, 0.717) is 22.4 Å². The maximum Gasteiger partial charge on any atom is 0.272 e. The molecule has 3 rings (SSSR count). The molecule has 1 amide bonds. The molecule has 1 aromatic rings. The number of fused-ring (bicyclic) bond motifs is 1. The molecular weight excluding hydrogens is 248 g/mol. The zero-order chi connectivity index (χ0) is 12.5. The fraction of sp³-hybridized carbons (Fsp3) is 0.286. The predicted molar refractivity (Wildman–Crippen MR) is 71.7 cm³/mol. The Morgan fingerprint density at radius 3 is 3.00 bits per heavy atom. The van der Waals surface area contributed by atoms with Crippen LogP contribution in [0.15, 0.2) is 41.5 Å². The van der Waals surface area contributed by atoms with E-state index < -0.39 is 0 Å². The molecule has 92 valence electrons. The highest BCUT2D eigenvalue weighted by atomic mass is 35.5. The fourth-order valence-electron chi connectivity index (χ4n) is 2.49. The number of hydrazone groups is 1. The van der Waals surface area contributed by atoms with Gasteiger partial charge in [0.2, 0.25) is 0 Å². The summed E-state index contributed by atoms with van der Waals surface area (Å²) < 4.78 is 0. The molecule has 0 radical (unpaired) electrons. The number of hydrogen-bond donors (Lipinski definition) is 1. The Hall–Kier alpha value is -1.61. The van der Waals surface area contributed by atoms with Crippen LogP contribution in [0.25, 0.3) is 0 Å². The Morgan fingerprint density at radius 1 is 1.39 bits per heavy atom. The number of benzene rings is 1. The van der Waals surface area contributed by atoms with E-state index in [1.807, 2.05) is 0 Å². The molecule has 0 aromatic heterocycles. The molecule has 1 saturated carbocycles. The zero-order valence-electron chi connectivity index (χ0n) is 9.77. The highest BCUT2D eigenvalue weighted by Gasteiger charge is 2.38. The first-order chi connectivity index (χ1) is 8.75. The number of hydrogen-bond acceptors (Lipinski definition) is 2. The maximum absolute atomic E-state index is 11.9. The molecule has 0 saturated heterocycles. The summed E-state index contributed by atoms with van der Waals surface area (Å²) in [5.41, 5.74) is 4.14. The Labute approximate surface area is 111 Å². The van der Waals surface area contributed by atoms with E-state index in [4.69, 9.17) is 11.6 Å². The van der Waals surface area contributed by atoms with Gasteiger partial charge in [-0.05, 0) is 30.9 Å². The highest BCUT2D eigenvalue weighted by Crippen LogP contribution is 2.40. The quantitative estimate of drug-likeness (QED) is 0.645. The molecule has 2 unspecified atom stereocenters. The first-order valence-corrected chi connectivity index (χ1v) is 6.41. The lowest BCUT2D eigenvalue weighted by Gasteiger charge is -2.31. The predicted octanol–water partition coefficient (Wildman–Crippen LogP) is 3.02. The Balaban J connectivity index is 1.66. The monoisotopic (exact) mass is 260 g/mol. The molecule has 0 heterocycles. The topological polar surface area (TPSA) is 41.5 Å². The SMILES string of the molecule is O=C(N/N=C1\CC2C=CCC12)c1ccccc1Cl. The number of rotatable bonds is 2. The van der Waals surface area contributed by atoms with Gasteiger partial charge in [0.15, 0.2) is 0 Å². The third-order valence-electron chi connectivity index (χ3n) is 3.58. The summed E-state index contributed by atoms with van der Waals surface area (Å²) in [4.78, 5) is 11.9. The summed E-state index contributed by atoms with van der Waals surface area (Å²) >= 11 is 5.95. The Bertz CT molecular complexity index is 550. The molecule has 0 bridgehead atoms. The largest absolute Gasteiger partial charge is 0.272 e. The fourth-order valence-corrected chi connectivity index (χ4v) is 2.71. The van der Waals surface area contributed by atoms with Crippen LogP contribution in [-0.2, 0) is 0 Å². The van der Waals surface area contributed by atoms with Crippen molar-refractivity contribution in [2.75, 3.05) is 0 Å². The summed E-state index contributed by atoms with van der Waals surface area (Å²) in [6.07, 6.45) is 6.43. The van der Waals surface area contributed by atoms with Gasteiger partial charge >= 0.3 is 0 Å². The average Bonchev–Trinajstić information content (AvgIpc) is 2.71.